The average molecular weight is 302 g/mol. The Balaban J connectivity index is 2.31. The zero-order valence-corrected chi connectivity index (χ0v) is 11.6. The van der Waals surface area contributed by atoms with Crippen LogP contribution < -0.4 is 4.74 Å². The summed E-state index contributed by atoms with van der Waals surface area (Å²) in [5, 5.41) is 37.5. The van der Waals surface area contributed by atoms with Crippen LogP contribution in [0.25, 0.3) is 6.08 Å². The molecule has 4 N–H and O–H groups in total. The van der Waals surface area contributed by atoms with Crippen molar-refractivity contribution in [2.45, 2.75) is 0 Å². The SMILES string of the molecule is COc1ccc(O)cc1/C=C/C(=O)c1cc(O)c(O)c(O)c1. The summed E-state index contributed by atoms with van der Waals surface area (Å²) in [5.41, 5.74) is 0.492. The molecule has 0 unspecified atom stereocenters. The van der Waals surface area contributed by atoms with E-state index in [9.17, 15) is 25.2 Å². The molecule has 114 valence electrons. The third kappa shape index (κ3) is 3.12. The molecule has 0 aliphatic carbocycles. The highest BCUT2D eigenvalue weighted by molar-refractivity contribution is 6.07. The van der Waals surface area contributed by atoms with Crippen LogP contribution in [0.15, 0.2) is 36.4 Å². The zero-order valence-electron chi connectivity index (χ0n) is 11.6. The lowest BCUT2D eigenvalue weighted by Gasteiger charge is -2.05. The number of ether oxygens (including phenoxy) is 1. The van der Waals surface area contributed by atoms with Crippen molar-refractivity contribution >= 4 is 11.9 Å². The molecule has 2 rings (SSSR count). The van der Waals surface area contributed by atoms with Crippen molar-refractivity contribution in [1.82, 2.24) is 0 Å². The van der Waals surface area contributed by atoms with Crippen LogP contribution in [-0.4, -0.2) is 33.3 Å². The molecule has 0 saturated heterocycles. The summed E-state index contributed by atoms with van der Waals surface area (Å²) >= 11 is 0. The summed E-state index contributed by atoms with van der Waals surface area (Å²) < 4.78 is 5.11. The van der Waals surface area contributed by atoms with Crippen LogP contribution in [0.2, 0.25) is 0 Å². The van der Waals surface area contributed by atoms with Gasteiger partial charge in [0.1, 0.15) is 11.5 Å². The number of hydrogen-bond donors (Lipinski definition) is 4. The van der Waals surface area contributed by atoms with E-state index >= 15 is 0 Å². The molecule has 6 heteroatoms. The molecule has 0 radical (unpaired) electrons. The van der Waals surface area contributed by atoms with Gasteiger partial charge >= 0.3 is 0 Å². The average Bonchev–Trinajstić information content (AvgIpc) is 2.49. The van der Waals surface area contributed by atoms with Gasteiger partial charge in [-0.2, -0.15) is 0 Å². The summed E-state index contributed by atoms with van der Waals surface area (Å²) in [6.45, 7) is 0. The van der Waals surface area contributed by atoms with Gasteiger partial charge in [0.2, 0.25) is 0 Å². The first-order valence-electron chi connectivity index (χ1n) is 6.26. The molecule has 0 heterocycles. The Morgan fingerprint density at radius 3 is 2.27 bits per heavy atom. The minimum absolute atomic E-state index is 0.00294. The number of carbonyl (C=O) groups is 1. The zero-order chi connectivity index (χ0) is 16.3. The molecule has 0 amide bonds. The fourth-order valence-corrected chi connectivity index (χ4v) is 1.86. The van der Waals surface area contributed by atoms with E-state index in [2.05, 4.69) is 0 Å². The number of aromatic hydroxyl groups is 4. The second kappa shape index (κ2) is 6.09. The van der Waals surface area contributed by atoms with Gasteiger partial charge in [-0.1, -0.05) is 0 Å². The lowest BCUT2D eigenvalue weighted by Crippen LogP contribution is -1.94. The van der Waals surface area contributed by atoms with Crippen LogP contribution in [-0.2, 0) is 0 Å². The molecule has 6 nitrogen and oxygen atoms in total. The lowest BCUT2D eigenvalue weighted by molar-refractivity contribution is 0.104. The van der Waals surface area contributed by atoms with Crippen molar-refractivity contribution in [3.8, 4) is 28.7 Å². The van der Waals surface area contributed by atoms with Gasteiger partial charge in [0, 0.05) is 11.1 Å². The van der Waals surface area contributed by atoms with E-state index in [1.807, 2.05) is 0 Å². The van der Waals surface area contributed by atoms with Crippen molar-refractivity contribution in [2.24, 2.45) is 0 Å². The maximum Gasteiger partial charge on any atom is 0.200 e. The Bertz CT molecular complexity index is 725. The summed E-state index contributed by atoms with van der Waals surface area (Å²) in [7, 11) is 1.46. The van der Waals surface area contributed by atoms with Gasteiger partial charge in [0.25, 0.3) is 0 Å². The molecule has 0 aliphatic heterocycles. The van der Waals surface area contributed by atoms with Crippen LogP contribution in [0.3, 0.4) is 0 Å². The monoisotopic (exact) mass is 302 g/mol. The summed E-state index contributed by atoms with van der Waals surface area (Å²) in [5.74, 6) is -1.88. The Labute approximate surface area is 126 Å². The largest absolute Gasteiger partial charge is 0.508 e. The van der Waals surface area contributed by atoms with E-state index in [-0.39, 0.29) is 11.3 Å². The molecular formula is C16H14O6. The number of carbonyl (C=O) groups excluding carboxylic acids is 1. The van der Waals surface area contributed by atoms with Crippen molar-refractivity contribution in [3.63, 3.8) is 0 Å². The number of phenols is 4. The number of hydrogen-bond acceptors (Lipinski definition) is 6. The van der Waals surface area contributed by atoms with E-state index in [0.717, 1.165) is 12.1 Å². The molecule has 0 atom stereocenters. The van der Waals surface area contributed by atoms with Crippen LogP contribution >= 0.6 is 0 Å². The van der Waals surface area contributed by atoms with Crippen LogP contribution in [0.1, 0.15) is 15.9 Å². The van der Waals surface area contributed by atoms with Gasteiger partial charge in [-0.05, 0) is 42.5 Å². The molecule has 0 aliphatic rings. The van der Waals surface area contributed by atoms with Crippen molar-refractivity contribution < 1.29 is 30.0 Å². The van der Waals surface area contributed by atoms with E-state index in [1.165, 1.54) is 31.4 Å². The first-order valence-corrected chi connectivity index (χ1v) is 6.26. The van der Waals surface area contributed by atoms with Crippen LogP contribution in [0.5, 0.6) is 28.7 Å². The molecule has 0 spiro atoms. The molecule has 0 aromatic heterocycles. The number of benzene rings is 2. The molecule has 0 bridgehead atoms. The van der Waals surface area contributed by atoms with Gasteiger partial charge in [-0.3, -0.25) is 4.79 Å². The third-order valence-electron chi connectivity index (χ3n) is 2.98. The highest BCUT2D eigenvalue weighted by Gasteiger charge is 2.12. The fraction of sp³-hybridized carbons (Fsp3) is 0.0625. The predicted molar refractivity (Wildman–Crippen MR) is 79.5 cm³/mol. The quantitative estimate of drug-likeness (QED) is 0.392. The second-order valence-electron chi connectivity index (χ2n) is 4.49. The first kappa shape index (κ1) is 15.2. The molecule has 0 fully saturated rings. The maximum atomic E-state index is 12.0. The van der Waals surface area contributed by atoms with Gasteiger partial charge in [-0.25, -0.2) is 0 Å². The van der Waals surface area contributed by atoms with E-state index in [4.69, 9.17) is 4.74 Å². The number of methoxy groups -OCH3 is 1. The van der Waals surface area contributed by atoms with Gasteiger partial charge in [-0.15, -0.1) is 0 Å². The Morgan fingerprint density at radius 1 is 1.05 bits per heavy atom. The molecular weight excluding hydrogens is 288 g/mol. The van der Waals surface area contributed by atoms with Crippen molar-refractivity contribution in [1.29, 1.82) is 0 Å². The standard InChI is InChI=1S/C16H14O6/c1-22-15-5-3-11(17)6-9(15)2-4-12(18)10-7-13(19)16(21)14(20)8-10/h2-8,17,19-21H,1H3/b4-2+. The molecule has 2 aromatic rings. The van der Waals surface area contributed by atoms with Gasteiger partial charge in [0.05, 0.1) is 7.11 Å². The van der Waals surface area contributed by atoms with Gasteiger partial charge < -0.3 is 25.2 Å². The second-order valence-corrected chi connectivity index (χ2v) is 4.49. The fourth-order valence-electron chi connectivity index (χ4n) is 1.86. The minimum Gasteiger partial charge on any atom is -0.508 e. The van der Waals surface area contributed by atoms with Crippen molar-refractivity contribution in [3.05, 3.63) is 47.5 Å². The van der Waals surface area contributed by atoms with Crippen molar-refractivity contribution in [2.75, 3.05) is 7.11 Å². The maximum absolute atomic E-state index is 12.0. The Hall–Kier alpha value is -3.15. The summed E-state index contributed by atoms with van der Waals surface area (Å²) in [6, 6.07) is 6.52. The number of ketones is 1. The summed E-state index contributed by atoms with van der Waals surface area (Å²) in [4.78, 5) is 12.0. The van der Waals surface area contributed by atoms with Crippen LogP contribution in [0.4, 0.5) is 0 Å². The number of phenolic OH excluding ortho intramolecular Hbond substituents is 4. The third-order valence-corrected chi connectivity index (χ3v) is 2.98. The highest BCUT2D eigenvalue weighted by atomic mass is 16.5. The number of rotatable bonds is 4. The van der Waals surface area contributed by atoms with Crippen LogP contribution in [0, 0.1) is 0 Å². The Morgan fingerprint density at radius 2 is 1.68 bits per heavy atom. The molecule has 2 aromatic carbocycles. The van der Waals surface area contributed by atoms with E-state index < -0.39 is 23.0 Å². The van der Waals surface area contributed by atoms with Gasteiger partial charge in [0.15, 0.2) is 23.0 Å². The minimum atomic E-state index is -0.685. The number of allylic oxidation sites excluding steroid dienone is 1. The molecule has 22 heavy (non-hydrogen) atoms. The van der Waals surface area contributed by atoms with E-state index in [0.29, 0.717) is 11.3 Å². The molecule has 0 saturated carbocycles. The topological polar surface area (TPSA) is 107 Å². The summed E-state index contributed by atoms with van der Waals surface area (Å²) in [6.07, 6.45) is 2.63. The highest BCUT2D eigenvalue weighted by Crippen LogP contribution is 2.35. The van der Waals surface area contributed by atoms with E-state index in [1.54, 1.807) is 6.07 Å². The normalized spacial score (nSPS) is 10.8. The Kier molecular flexibility index (Phi) is 4.22. The lowest BCUT2D eigenvalue weighted by atomic mass is 10.1. The smallest absolute Gasteiger partial charge is 0.200 e. The first-order chi connectivity index (χ1) is 10.4. The predicted octanol–water partition coefficient (Wildman–Crippen LogP) is 2.41.